The van der Waals surface area contributed by atoms with E-state index in [-0.39, 0.29) is 34.9 Å². The van der Waals surface area contributed by atoms with Gasteiger partial charge in [0.15, 0.2) is 0 Å². The Labute approximate surface area is 168 Å². The van der Waals surface area contributed by atoms with Crippen molar-refractivity contribution in [2.45, 2.75) is 75.9 Å². The molecule has 28 heavy (non-hydrogen) atoms. The summed E-state index contributed by atoms with van der Waals surface area (Å²) in [5.41, 5.74) is -0.980. The molecule has 6 rings (SSSR count). The summed E-state index contributed by atoms with van der Waals surface area (Å²) in [7, 11) is 3.66. The molecule has 2 N–H and O–H groups in total. The zero-order chi connectivity index (χ0) is 19.6. The minimum atomic E-state index is -0.849. The third-order valence-corrected chi connectivity index (χ3v) is 11.1. The quantitative estimate of drug-likeness (QED) is 0.770. The third kappa shape index (κ3) is 1.66. The Balaban J connectivity index is 1.62. The molecule has 0 radical (unpaired) electrons. The van der Waals surface area contributed by atoms with Gasteiger partial charge in [0.25, 0.3) is 0 Å². The molecule has 12 atom stereocenters. The fourth-order valence-corrected chi connectivity index (χ4v) is 10.5. The fourth-order valence-electron chi connectivity index (χ4n) is 10.5. The van der Waals surface area contributed by atoms with Gasteiger partial charge in [-0.25, -0.2) is 0 Å². The van der Waals surface area contributed by atoms with Crippen LogP contribution >= 0.6 is 0 Å². The summed E-state index contributed by atoms with van der Waals surface area (Å²) < 4.78 is 12.1. The fraction of sp³-hybridized carbons (Fsp3) is 1.00. The summed E-state index contributed by atoms with van der Waals surface area (Å²) in [6.07, 6.45) is 4.89. The summed E-state index contributed by atoms with van der Waals surface area (Å²) in [6.45, 7) is 6.84. The van der Waals surface area contributed by atoms with Crippen LogP contribution in [0.5, 0.6) is 0 Å². The van der Waals surface area contributed by atoms with Crippen LogP contribution in [0.3, 0.4) is 0 Å². The normalized spacial score (nSPS) is 64.3. The second-order valence-corrected chi connectivity index (χ2v) is 11.2. The molecule has 5 aliphatic carbocycles. The van der Waals surface area contributed by atoms with E-state index >= 15 is 0 Å². The van der Waals surface area contributed by atoms with E-state index in [0.29, 0.717) is 30.2 Å². The first-order valence-electron chi connectivity index (χ1n) is 11.6. The molecule has 1 heterocycles. The van der Waals surface area contributed by atoms with E-state index in [0.717, 1.165) is 25.8 Å². The molecule has 1 spiro atoms. The zero-order valence-corrected chi connectivity index (χ0v) is 17.8. The van der Waals surface area contributed by atoms with Crippen LogP contribution < -0.4 is 0 Å². The minimum absolute atomic E-state index is 0.0247. The van der Waals surface area contributed by atoms with Crippen LogP contribution in [0.15, 0.2) is 0 Å². The van der Waals surface area contributed by atoms with Crippen molar-refractivity contribution in [3.8, 4) is 0 Å². The average molecular weight is 392 g/mol. The van der Waals surface area contributed by atoms with Crippen molar-refractivity contribution < 1.29 is 19.7 Å². The Morgan fingerprint density at radius 1 is 1.11 bits per heavy atom. The number of ether oxygens (including phenoxy) is 2. The molecule has 0 aromatic heterocycles. The number of nitrogens with zero attached hydrogens (tertiary/aromatic N) is 1. The number of aliphatic hydroxyl groups excluding tert-OH is 1. The average Bonchev–Trinajstić information content (AvgIpc) is 3.04. The molecule has 5 nitrogen and oxygen atoms in total. The highest BCUT2D eigenvalue weighted by Gasteiger charge is 2.85. The van der Waals surface area contributed by atoms with Crippen LogP contribution in [0.25, 0.3) is 0 Å². The van der Waals surface area contributed by atoms with Gasteiger partial charge in [-0.15, -0.1) is 0 Å². The van der Waals surface area contributed by atoms with E-state index < -0.39 is 11.7 Å². The molecule has 0 amide bonds. The van der Waals surface area contributed by atoms with Gasteiger partial charge in [0, 0.05) is 55.9 Å². The Morgan fingerprint density at radius 3 is 2.57 bits per heavy atom. The highest BCUT2D eigenvalue weighted by molar-refractivity contribution is 5.35. The SMILES string of the molecule is CCN1C[C@@H]2CC[C@H](OC)[C@]34C1[C@](C)(C[C@H]23)[C@@]1(O)C[C@H](OC)[C@H]2C[C@@H]4[C@@H]1[C@H]2O. The zero-order valence-electron chi connectivity index (χ0n) is 17.8. The van der Waals surface area contributed by atoms with Crippen molar-refractivity contribution in [2.24, 2.45) is 40.4 Å². The molecule has 1 unspecified atom stereocenters. The summed E-state index contributed by atoms with van der Waals surface area (Å²) in [5.74, 6) is 1.80. The van der Waals surface area contributed by atoms with Crippen LogP contribution in [0.1, 0.15) is 46.0 Å². The molecular weight excluding hydrogens is 354 g/mol. The van der Waals surface area contributed by atoms with Crippen molar-refractivity contribution >= 4 is 0 Å². The molecule has 1 aliphatic heterocycles. The number of aliphatic hydroxyl groups is 2. The minimum Gasteiger partial charge on any atom is -0.392 e. The topological polar surface area (TPSA) is 62.2 Å². The second-order valence-electron chi connectivity index (χ2n) is 11.2. The maximum absolute atomic E-state index is 12.4. The van der Waals surface area contributed by atoms with Gasteiger partial charge in [0.2, 0.25) is 0 Å². The van der Waals surface area contributed by atoms with Crippen LogP contribution in [0.4, 0.5) is 0 Å². The van der Waals surface area contributed by atoms with Crippen LogP contribution in [-0.2, 0) is 9.47 Å². The maximum atomic E-state index is 12.4. The predicted octanol–water partition coefficient (Wildman–Crippen LogP) is 1.90. The lowest BCUT2D eigenvalue weighted by Crippen LogP contribution is -2.77. The van der Waals surface area contributed by atoms with Crippen LogP contribution in [0.2, 0.25) is 0 Å². The van der Waals surface area contributed by atoms with E-state index in [4.69, 9.17) is 9.47 Å². The number of hydrogen-bond donors (Lipinski definition) is 2. The van der Waals surface area contributed by atoms with Gasteiger partial charge in [0.05, 0.1) is 23.9 Å². The van der Waals surface area contributed by atoms with E-state index in [1.165, 1.54) is 13.0 Å². The van der Waals surface area contributed by atoms with Gasteiger partial charge >= 0.3 is 0 Å². The highest BCUT2D eigenvalue weighted by atomic mass is 16.5. The van der Waals surface area contributed by atoms with Crippen molar-refractivity contribution in [2.75, 3.05) is 27.3 Å². The number of likely N-dealkylation sites (tertiary alicyclic amines) is 1. The first-order chi connectivity index (χ1) is 13.4. The van der Waals surface area contributed by atoms with Crippen LogP contribution in [0, 0.1) is 40.4 Å². The van der Waals surface area contributed by atoms with Crippen molar-refractivity contribution in [3.05, 3.63) is 0 Å². The molecule has 7 bridgehead atoms. The smallest absolute Gasteiger partial charge is 0.0796 e. The lowest BCUT2D eigenvalue weighted by Gasteiger charge is -2.69. The molecule has 5 saturated carbocycles. The van der Waals surface area contributed by atoms with Crippen molar-refractivity contribution in [3.63, 3.8) is 0 Å². The Hall–Kier alpha value is -0.200. The monoisotopic (exact) mass is 391 g/mol. The lowest BCUT2D eigenvalue weighted by atomic mass is 9.43. The first kappa shape index (κ1) is 18.6. The number of rotatable bonds is 3. The summed E-state index contributed by atoms with van der Waals surface area (Å²) in [6, 6.07) is 0.351. The lowest BCUT2D eigenvalue weighted by molar-refractivity contribution is -0.283. The summed E-state index contributed by atoms with van der Waals surface area (Å²) >= 11 is 0. The van der Waals surface area contributed by atoms with Gasteiger partial charge in [-0.05, 0) is 50.0 Å². The highest BCUT2D eigenvalue weighted by Crippen LogP contribution is 2.80. The van der Waals surface area contributed by atoms with Gasteiger partial charge < -0.3 is 19.7 Å². The number of piperidine rings is 1. The Kier molecular flexibility index (Phi) is 3.67. The molecule has 158 valence electrons. The van der Waals surface area contributed by atoms with E-state index in [9.17, 15) is 10.2 Å². The first-order valence-corrected chi connectivity index (χ1v) is 11.6. The molecule has 1 saturated heterocycles. The Bertz CT molecular complexity index is 688. The number of fused-ring (bicyclic) bond motifs is 2. The summed E-state index contributed by atoms with van der Waals surface area (Å²) in [5, 5.41) is 23.8. The molecule has 0 aromatic rings. The third-order valence-electron chi connectivity index (χ3n) is 11.1. The Morgan fingerprint density at radius 2 is 1.89 bits per heavy atom. The van der Waals surface area contributed by atoms with Gasteiger partial charge in [0.1, 0.15) is 0 Å². The predicted molar refractivity (Wildman–Crippen MR) is 105 cm³/mol. The van der Waals surface area contributed by atoms with Crippen molar-refractivity contribution in [1.82, 2.24) is 4.90 Å². The van der Waals surface area contributed by atoms with Gasteiger partial charge in [-0.1, -0.05) is 13.8 Å². The van der Waals surface area contributed by atoms with Gasteiger partial charge in [-0.3, -0.25) is 4.90 Å². The van der Waals surface area contributed by atoms with Gasteiger partial charge in [-0.2, -0.15) is 0 Å². The largest absolute Gasteiger partial charge is 0.392 e. The molecule has 0 aromatic carbocycles. The number of methoxy groups -OCH3 is 2. The van der Waals surface area contributed by atoms with Crippen molar-refractivity contribution in [1.29, 1.82) is 0 Å². The second kappa shape index (κ2) is 5.53. The van der Waals surface area contributed by atoms with E-state index in [1.807, 2.05) is 7.11 Å². The molecule has 5 heteroatoms. The van der Waals surface area contributed by atoms with Crippen LogP contribution in [-0.4, -0.2) is 72.4 Å². The van der Waals surface area contributed by atoms with E-state index in [1.54, 1.807) is 7.11 Å². The maximum Gasteiger partial charge on any atom is 0.0796 e. The van der Waals surface area contributed by atoms with E-state index in [2.05, 4.69) is 18.7 Å². The molecular formula is C23H37NO4. The molecule has 6 aliphatic rings. The number of hydrogen-bond acceptors (Lipinski definition) is 5. The standard InChI is InChI=1S/C23H37NO4/c1-5-24-11-12-6-7-17(28-4)23-14-8-13-16(27-3)10-22(26,18(14)19(13)25)21(2,20(23)24)9-15(12)23/h12-20,25-26H,5-11H2,1-4H3/t12-,13+,14+,15+,16-,17-,18+,19-,20?,21-,22+,23+/m0/s1. The molecule has 6 fully saturated rings. The summed E-state index contributed by atoms with van der Waals surface area (Å²) in [4.78, 5) is 2.70.